The number of halogens is 1. The van der Waals surface area contributed by atoms with Gasteiger partial charge in [0.15, 0.2) is 5.82 Å². The lowest BCUT2D eigenvalue weighted by atomic mass is 9.76. The summed E-state index contributed by atoms with van der Waals surface area (Å²) >= 11 is 0. The number of morpholine rings is 1. The molecule has 1 N–H and O–H groups in total. The Hall–Kier alpha value is -2.21. The van der Waals surface area contributed by atoms with Gasteiger partial charge in [-0.2, -0.15) is 5.10 Å². The van der Waals surface area contributed by atoms with E-state index in [1.54, 1.807) is 17.8 Å². The van der Waals surface area contributed by atoms with Gasteiger partial charge in [0.25, 0.3) is 0 Å². The molecule has 1 aromatic carbocycles. The molecule has 2 fully saturated rings. The lowest BCUT2D eigenvalue weighted by molar-refractivity contribution is 0.00578. The van der Waals surface area contributed by atoms with Crippen LogP contribution in [0.25, 0.3) is 10.9 Å². The maximum atomic E-state index is 14.7. The maximum absolute atomic E-state index is 14.7. The minimum Gasteiger partial charge on any atom is -0.465 e. The van der Waals surface area contributed by atoms with Crippen molar-refractivity contribution in [2.75, 3.05) is 45.9 Å². The molecule has 1 amide bonds. The van der Waals surface area contributed by atoms with Crippen LogP contribution in [-0.4, -0.2) is 95.0 Å². The monoisotopic (exact) mass is 504 g/mol. The van der Waals surface area contributed by atoms with E-state index in [1.165, 1.54) is 11.0 Å². The van der Waals surface area contributed by atoms with Crippen LogP contribution in [0.4, 0.5) is 9.18 Å². The Balaban J connectivity index is 1.46. The largest absolute Gasteiger partial charge is 0.495 e. The zero-order chi connectivity index (χ0) is 26.1. The molecule has 36 heavy (non-hydrogen) atoms. The molecule has 2 aliphatic heterocycles. The molecule has 4 rings (SSSR count). The molecule has 3 heterocycles. The second kappa shape index (κ2) is 10.6. The lowest BCUT2D eigenvalue weighted by Gasteiger charge is -2.32. The predicted molar refractivity (Wildman–Crippen MR) is 136 cm³/mol. The molecule has 1 aromatic heterocycles. The number of ether oxygens (including phenoxy) is 1. The molecule has 0 bridgehead atoms. The van der Waals surface area contributed by atoms with Crippen LogP contribution in [0, 0.1) is 5.82 Å². The SMILES string of the molecule is Cn1nc2c(F)ccc(B3OC(C)(C)C(C)(C)O3)c2c1CCCN(CCCN1CCOCC1)C(=O)O. The summed E-state index contributed by atoms with van der Waals surface area (Å²) in [5, 5.41) is 14.8. The van der Waals surface area contributed by atoms with Crippen LogP contribution < -0.4 is 5.46 Å². The number of rotatable bonds is 9. The fourth-order valence-corrected chi connectivity index (χ4v) is 4.86. The average Bonchev–Trinajstić information content (AvgIpc) is 3.25. The number of hydrogen-bond acceptors (Lipinski definition) is 6. The molecular weight excluding hydrogens is 466 g/mol. The molecule has 2 aromatic rings. The van der Waals surface area contributed by atoms with Crippen molar-refractivity contribution in [1.29, 1.82) is 0 Å². The van der Waals surface area contributed by atoms with Crippen LogP contribution in [0.1, 0.15) is 46.2 Å². The molecule has 0 atom stereocenters. The van der Waals surface area contributed by atoms with Gasteiger partial charge in [-0.1, -0.05) is 6.07 Å². The average molecular weight is 504 g/mol. The molecule has 0 aliphatic carbocycles. The van der Waals surface area contributed by atoms with Crippen molar-refractivity contribution >= 4 is 29.6 Å². The summed E-state index contributed by atoms with van der Waals surface area (Å²) in [5.74, 6) is -0.401. The molecule has 0 saturated carbocycles. The molecule has 0 radical (unpaired) electrons. The normalized spacial score (nSPS) is 19.8. The van der Waals surface area contributed by atoms with Gasteiger partial charge in [0.05, 0.1) is 24.4 Å². The Morgan fingerprint density at radius 1 is 1.14 bits per heavy atom. The van der Waals surface area contributed by atoms with E-state index in [0.29, 0.717) is 31.3 Å². The van der Waals surface area contributed by atoms with E-state index in [-0.39, 0.29) is 5.52 Å². The zero-order valence-corrected chi connectivity index (χ0v) is 22.1. The second-order valence-corrected chi connectivity index (χ2v) is 10.7. The number of hydrogen-bond donors (Lipinski definition) is 1. The van der Waals surface area contributed by atoms with E-state index in [4.69, 9.17) is 14.0 Å². The highest BCUT2D eigenvalue weighted by atomic mass is 19.1. The minimum atomic E-state index is -0.921. The van der Waals surface area contributed by atoms with E-state index in [1.807, 2.05) is 27.7 Å². The van der Waals surface area contributed by atoms with Gasteiger partial charge in [0, 0.05) is 50.9 Å². The van der Waals surface area contributed by atoms with Gasteiger partial charge in [0.1, 0.15) is 5.52 Å². The third kappa shape index (κ3) is 5.54. The fraction of sp³-hybridized carbons (Fsp3) is 0.680. The van der Waals surface area contributed by atoms with E-state index < -0.39 is 30.2 Å². The van der Waals surface area contributed by atoms with Crippen LogP contribution in [-0.2, 0) is 27.5 Å². The topological polar surface area (TPSA) is 89.3 Å². The Labute approximate surface area is 212 Å². The predicted octanol–water partition coefficient (Wildman–Crippen LogP) is 2.65. The molecule has 2 aliphatic rings. The summed E-state index contributed by atoms with van der Waals surface area (Å²) in [6.45, 7) is 12.9. The lowest BCUT2D eigenvalue weighted by Crippen LogP contribution is -2.41. The Bertz CT molecular complexity index is 1070. The van der Waals surface area contributed by atoms with E-state index in [2.05, 4.69) is 10.00 Å². The standard InChI is InChI=1S/C25H38BFN4O5/c1-24(2)25(3,4)36-26(35-24)18-9-10-19(27)22-21(18)20(29(5)28-22)8-6-12-31(23(32)33)13-7-11-30-14-16-34-17-15-30/h9-10H,6-8,11-17H2,1-5H3,(H,32,33). The minimum absolute atomic E-state index is 0.278. The van der Waals surface area contributed by atoms with E-state index >= 15 is 0 Å². The van der Waals surface area contributed by atoms with Crippen molar-refractivity contribution in [3.63, 3.8) is 0 Å². The van der Waals surface area contributed by atoms with E-state index in [0.717, 1.165) is 50.4 Å². The quantitative estimate of drug-likeness (QED) is 0.526. The summed E-state index contributed by atoms with van der Waals surface area (Å²) in [6, 6.07) is 3.11. The molecular formula is C25H38BFN4O5. The fourth-order valence-electron chi connectivity index (χ4n) is 4.86. The molecule has 0 unspecified atom stereocenters. The second-order valence-electron chi connectivity index (χ2n) is 10.7. The van der Waals surface area contributed by atoms with E-state index in [9.17, 15) is 14.3 Å². The molecule has 0 spiro atoms. The van der Waals surface area contributed by atoms with Gasteiger partial charge in [-0.3, -0.25) is 9.58 Å². The summed E-state index contributed by atoms with van der Waals surface area (Å²) in [7, 11) is 1.15. The highest BCUT2D eigenvalue weighted by Gasteiger charge is 2.52. The number of fused-ring (bicyclic) bond motifs is 1. The maximum Gasteiger partial charge on any atom is 0.495 e. The number of nitrogens with zero attached hydrogens (tertiary/aromatic N) is 4. The van der Waals surface area contributed by atoms with Crippen molar-refractivity contribution in [2.24, 2.45) is 7.05 Å². The van der Waals surface area contributed by atoms with Gasteiger partial charge < -0.3 is 24.1 Å². The van der Waals surface area contributed by atoms with Crippen LogP contribution in [0.15, 0.2) is 12.1 Å². The number of carboxylic acid groups (broad SMARTS) is 1. The number of carbonyl (C=O) groups is 1. The smallest absolute Gasteiger partial charge is 0.465 e. The summed E-state index contributed by atoms with van der Waals surface area (Å²) < 4.78 is 34.3. The van der Waals surface area contributed by atoms with Crippen molar-refractivity contribution in [2.45, 2.75) is 58.2 Å². The van der Waals surface area contributed by atoms with Crippen molar-refractivity contribution < 1.29 is 28.3 Å². The first-order chi connectivity index (χ1) is 17.0. The van der Waals surface area contributed by atoms with Gasteiger partial charge in [-0.25, -0.2) is 9.18 Å². The summed E-state index contributed by atoms with van der Waals surface area (Å²) in [6.07, 6.45) is 1.00. The Morgan fingerprint density at radius 3 is 2.42 bits per heavy atom. The van der Waals surface area contributed by atoms with Crippen molar-refractivity contribution in [1.82, 2.24) is 19.6 Å². The number of aromatic nitrogens is 2. The van der Waals surface area contributed by atoms with Crippen molar-refractivity contribution in [3.8, 4) is 0 Å². The first kappa shape index (κ1) is 26.8. The van der Waals surface area contributed by atoms with Gasteiger partial charge in [-0.15, -0.1) is 0 Å². The third-order valence-electron chi connectivity index (χ3n) is 7.72. The summed E-state index contributed by atoms with van der Waals surface area (Å²) in [4.78, 5) is 15.6. The molecule has 2 saturated heterocycles. The van der Waals surface area contributed by atoms with Crippen LogP contribution in [0.2, 0.25) is 0 Å². The molecule has 9 nitrogen and oxygen atoms in total. The molecule has 11 heteroatoms. The van der Waals surface area contributed by atoms with Crippen LogP contribution in [0.3, 0.4) is 0 Å². The molecule has 198 valence electrons. The highest BCUT2D eigenvalue weighted by Crippen LogP contribution is 2.37. The van der Waals surface area contributed by atoms with Crippen LogP contribution >= 0.6 is 0 Å². The van der Waals surface area contributed by atoms with Gasteiger partial charge in [-0.05, 0) is 58.5 Å². The number of amides is 1. The number of benzene rings is 1. The van der Waals surface area contributed by atoms with Gasteiger partial charge >= 0.3 is 13.2 Å². The summed E-state index contributed by atoms with van der Waals surface area (Å²) in [5.41, 5.74) is 0.815. The van der Waals surface area contributed by atoms with Crippen molar-refractivity contribution in [3.05, 3.63) is 23.6 Å². The van der Waals surface area contributed by atoms with Crippen LogP contribution in [0.5, 0.6) is 0 Å². The highest BCUT2D eigenvalue weighted by molar-refractivity contribution is 6.65. The first-order valence-electron chi connectivity index (χ1n) is 12.8. The first-order valence-corrected chi connectivity index (χ1v) is 12.8. The Morgan fingerprint density at radius 2 is 1.78 bits per heavy atom. The van der Waals surface area contributed by atoms with Gasteiger partial charge in [0.2, 0.25) is 0 Å². The number of aryl methyl sites for hydroxylation is 2. The Kier molecular flexibility index (Phi) is 7.94. The third-order valence-corrected chi connectivity index (χ3v) is 7.72. The zero-order valence-electron chi connectivity index (χ0n) is 22.1.